The molecule has 0 atom stereocenters. The molecule has 0 aromatic carbocycles. The lowest BCUT2D eigenvalue weighted by molar-refractivity contribution is 0.0394. The van der Waals surface area contributed by atoms with Crippen LogP contribution in [0.15, 0.2) is 12.1 Å². The van der Waals surface area contributed by atoms with E-state index in [1.807, 2.05) is 0 Å². The van der Waals surface area contributed by atoms with Crippen molar-refractivity contribution >= 4 is 11.7 Å². The molecule has 0 aliphatic carbocycles. The van der Waals surface area contributed by atoms with E-state index in [2.05, 4.69) is 20.8 Å². The third kappa shape index (κ3) is 4.46. The summed E-state index contributed by atoms with van der Waals surface area (Å²) in [4.78, 5) is 10.8. The predicted octanol–water partition coefficient (Wildman–Crippen LogP) is -0.244. The van der Waals surface area contributed by atoms with Crippen LogP contribution in [0.25, 0.3) is 0 Å². The van der Waals surface area contributed by atoms with Crippen LogP contribution in [0.5, 0.6) is 0 Å². The monoisotopic (exact) mass is 265 g/mol. The number of aromatic nitrogens is 2. The Morgan fingerprint density at radius 3 is 2.84 bits per heavy atom. The maximum absolute atomic E-state index is 10.8. The standard InChI is InChI=1S/C12H19N5O2/c13-12(18)10-1-2-11(17-16-10)15-7-8-19-9-3-5-14-6-4-9/h1-2,9,14H,3-8H2,(H2,13,18)(H,15,17). The van der Waals surface area contributed by atoms with E-state index in [1.165, 1.54) is 0 Å². The molecule has 2 rings (SSSR count). The van der Waals surface area contributed by atoms with Gasteiger partial charge >= 0.3 is 0 Å². The lowest BCUT2D eigenvalue weighted by atomic mass is 10.1. The number of nitrogens with one attached hydrogen (secondary N) is 2. The topological polar surface area (TPSA) is 102 Å². The van der Waals surface area contributed by atoms with Crippen molar-refractivity contribution in [3.63, 3.8) is 0 Å². The lowest BCUT2D eigenvalue weighted by Gasteiger charge is -2.22. The molecular weight excluding hydrogens is 246 g/mol. The Kier molecular flexibility index (Phi) is 5.05. The van der Waals surface area contributed by atoms with Gasteiger partial charge in [0.25, 0.3) is 5.91 Å². The minimum Gasteiger partial charge on any atom is -0.376 e. The Bertz CT molecular complexity index is 403. The first kappa shape index (κ1) is 13.7. The van der Waals surface area contributed by atoms with E-state index in [0.717, 1.165) is 25.9 Å². The average molecular weight is 265 g/mol. The molecule has 4 N–H and O–H groups in total. The summed E-state index contributed by atoms with van der Waals surface area (Å²) in [7, 11) is 0. The van der Waals surface area contributed by atoms with Gasteiger partial charge in [0.05, 0.1) is 12.7 Å². The minimum atomic E-state index is -0.576. The molecule has 1 aliphatic heterocycles. The maximum atomic E-state index is 10.8. The average Bonchev–Trinajstić information content (AvgIpc) is 2.45. The predicted molar refractivity (Wildman–Crippen MR) is 70.9 cm³/mol. The van der Waals surface area contributed by atoms with Gasteiger partial charge in [0.2, 0.25) is 0 Å². The molecule has 0 radical (unpaired) electrons. The van der Waals surface area contributed by atoms with Crippen molar-refractivity contribution in [3.05, 3.63) is 17.8 Å². The van der Waals surface area contributed by atoms with Crippen LogP contribution in [0.3, 0.4) is 0 Å². The third-order valence-corrected chi connectivity index (χ3v) is 2.96. The highest BCUT2D eigenvalue weighted by molar-refractivity contribution is 5.90. The Balaban J connectivity index is 1.66. The molecule has 0 unspecified atom stereocenters. The van der Waals surface area contributed by atoms with Crippen molar-refractivity contribution in [1.29, 1.82) is 0 Å². The van der Waals surface area contributed by atoms with Crippen LogP contribution in [0.1, 0.15) is 23.3 Å². The summed E-state index contributed by atoms with van der Waals surface area (Å²) in [6.45, 7) is 3.34. The molecule has 1 aromatic rings. The number of rotatable bonds is 6. The first-order valence-electron chi connectivity index (χ1n) is 6.45. The van der Waals surface area contributed by atoms with E-state index in [4.69, 9.17) is 10.5 Å². The molecule has 0 spiro atoms. The van der Waals surface area contributed by atoms with Gasteiger partial charge in [-0.05, 0) is 38.1 Å². The Morgan fingerprint density at radius 2 is 2.21 bits per heavy atom. The molecule has 7 nitrogen and oxygen atoms in total. The molecule has 1 aliphatic rings. The fourth-order valence-corrected chi connectivity index (χ4v) is 1.92. The number of piperidine rings is 1. The summed E-state index contributed by atoms with van der Waals surface area (Å²) >= 11 is 0. The molecule has 2 heterocycles. The van der Waals surface area contributed by atoms with E-state index in [1.54, 1.807) is 12.1 Å². The summed E-state index contributed by atoms with van der Waals surface area (Å²) in [5.41, 5.74) is 5.24. The molecule has 1 fully saturated rings. The second kappa shape index (κ2) is 7.01. The fourth-order valence-electron chi connectivity index (χ4n) is 1.92. The molecule has 19 heavy (non-hydrogen) atoms. The van der Waals surface area contributed by atoms with Crippen molar-refractivity contribution in [1.82, 2.24) is 15.5 Å². The first-order chi connectivity index (χ1) is 9.25. The number of carbonyl (C=O) groups excluding carboxylic acids is 1. The van der Waals surface area contributed by atoms with Gasteiger partial charge in [0.15, 0.2) is 5.69 Å². The van der Waals surface area contributed by atoms with E-state index >= 15 is 0 Å². The van der Waals surface area contributed by atoms with Gasteiger partial charge < -0.3 is 21.1 Å². The highest BCUT2D eigenvalue weighted by Crippen LogP contribution is 2.07. The number of primary amides is 1. The van der Waals surface area contributed by atoms with Gasteiger partial charge in [0.1, 0.15) is 5.82 Å². The Hall–Kier alpha value is -1.73. The molecule has 104 valence electrons. The minimum absolute atomic E-state index is 0.163. The van der Waals surface area contributed by atoms with Crippen LogP contribution < -0.4 is 16.4 Å². The number of ether oxygens (including phenoxy) is 1. The third-order valence-electron chi connectivity index (χ3n) is 2.96. The van der Waals surface area contributed by atoms with Crippen LogP contribution in [-0.2, 0) is 4.74 Å². The number of amides is 1. The number of anilines is 1. The van der Waals surface area contributed by atoms with E-state index in [9.17, 15) is 4.79 Å². The normalized spacial score (nSPS) is 16.2. The Labute approximate surface area is 111 Å². The molecular formula is C12H19N5O2. The van der Waals surface area contributed by atoms with Crippen LogP contribution in [0.2, 0.25) is 0 Å². The molecule has 0 saturated carbocycles. The van der Waals surface area contributed by atoms with Crippen molar-refractivity contribution in [2.45, 2.75) is 18.9 Å². The smallest absolute Gasteiger partial charge is 0.269 e. The zero-order valence-corrected chi connectivity index (χ0v) is 10.8. The Morgan fingerprint density at radius 1 is 1.42 bits per heavy atom. The quantitative estimate of drug-likeness (QED) is 0.613. The van der Waals surface area contributed by atoms with Crippen molar-refractivity contribution in [3.8, 4) is 0 Å². The maximum Gasteiger partial charge on any atom is 0.269 e. The highest BCUT2D eigenvalue weighted by atomic mass is 16.5. The van der Waals surface area contributed by atoms with E-state index < -0.39 is 5.91 Å². The highest BCUT2D eigenvalue weighted by Gasteiger charge is 2.12. The van der Waals surface area contributed by atoms with Crippen LogP contribution in [-0.4, -0.2) is 48.4 Å². The molecule has 7 heteroatoms. The summed E-state index contributed by atoms with van der Waals surface area (Å²) in [5.74, 6) is 0.0344. The number of nitrogens with zero attached hydrogens (tertiary/aromatic N) is 2. The summed E-state index contributed by atoms with van der Waals surface area (Å²) in [5, 5.41) is 13.9. The lowest BCUT2D eigenvalue weighted by Crippen LogP contribution is -2.33. The molecule has 1 aromatic heterocycles. The van der Waals surface area contributed by atoms with Crippen LogP contribution in [0, 0.1) is 0 Å². The van der Waals surface area contributed by atoms with Crippen LogP contribution in [0.4, 0.5) is 5.82 Å². The van der Waals surface area contributed by atoms with Crippen molar-refractivity contribution in [2.75, 3.05) is 31.6 Å². The van der Waals surface area contributed by atoms with Crippen LogP contribution >= 0.6 is 0 Å². The van der Waals surface area contributed by atoms with Gasteiger partial charge in [0, 0.05) is 6.54 Å². The van der Waals surface area contributed by atoms with E-state index in [-0.39, 0.29) is 5.69 Å². The van der Waals surface area contributed by atoms with Gasteiger partial charge in [-0.3, -0.25) is 4.79 Å². The number of nitrogens with two attached hydrogens (primary N) is 1. The second-order valence-electron chi connectivity index (χ2n) is 4.41. The van der Waals surface area contributed by atoms with Crippen molar-refractivity contribution in [2.24, 2.45) is 5.73 Å². The fraction of sp³-hybridized carbons (Fsp3) is 0.583. The van der Waals surface area contributed by atoms with Gasteiger partial charge in [-0.1, -0.05) is 0 Å². The summed E-state index contributed by atoms with van der Waals surface area (Å²) in [6.07, 6.45) is 2.48. The zero-order valence-electron chi connectivity index (χ0n) is 10.8. The number of hydrogen-bond donors (Lipinski definition) is 3. The van der Waals surface area contributed by atoms with Gasteiger partial charge in [-0.15, -0.1) is 10.2 Å². The number of carbonyl (C=O) groups is 1. The molecule has 0 bridgehead atoms. The zero-order chi connectivity index (χ0) is 13.5. The van der Waals surface area contributed by atoms with Gasteiger partial charge in [-0.25, -0.2) is 0 Å². The summed E-state index contributed by atoms with van der Waals surface area (Å²) < 4.78 is 5.74. The van der Waals surface area contributed by atoms with E-state index in [0.29, 0.717) is 25.1 Å². The number of hydrogen-bond acceptors (Lipinski definition) is 6. The first-order valence-corrected chi connectivity index (χ1v) is 6.45. The molecule has 1 saturated heterocycles. The second-order valence-corrected chi connectivity index (χ2v) is 4.41. The summed E-state index contributed by atoms with van der Waals surface area (Å²) in [6, 6.07) is 3.23. The van der Waals surface area contributed by atoms with Crippen molar-refractivity contribution < 1.29 is 9.53 Å². The largest absolute Gasteiger partial charge is 0.376 e. The van der Waals surface area contributed by atoms with Gasteiger partial charge in [-0.2, -0.15) is 0 Å². The molecule has 1 amide bonds. The SMILES string of the molecule is NC(=O)c1ccc(NCCOC2CCNCC2)nn1.